The molecule has 3 aliphatic rings. The summed E-state index contributed by atoms with van der Waals surface area (Å²) in [7, 11) is 0. The normalized spacial score (nSPS) is 28.5. The predicted molar refractivity (Wildman–Crippen MR) is 94.3 cm³/mol. The van der Waals surface area contributed by atoms with Crippen LogP contribution in [0.2, 0.25) is 0 Å². The molecule has 1 aromatic carbocycles. The van der Waals surface area contributed by atoms with Crippen LogP contribution < -0.4 is 5.32 Å². The van der Waals surface area contributed by atoms with Crippen molar-refractivity contribution in [2.45, 2.75) is 25.7 Å². The van der Waals surface area contributed by atoms with Gasteiger partial charge in [-0.3, -0.25) is 29.4 Å². The molecule has 27 heavy (non-hydrogen) atoms. The summed E-state index contributed by atoms with van der Waals surface area (Å²) >= 11 is 0. The van der Waals surface area contributed by atoms with Gasteiger partial charge >= 0.3 is 0 Å². The number of likely N-dealkylation sites (tertiary alicyclic amines) is 1. The number of benzene rings is 1. The summed E-state index contributed by atoms with van der Waals surface area (Å²) in [6.07, 6.45) is 3.52. The van der Waals surface area contributed by atoms with Crippen LogP contribution in [-0.2, 0) is 20.8 Å². The van der Waals surface area contributed by atoms with Crippen LogP contribution in [0.25, 0.3) is 0 Å². The Balaban J connectivity index is 1.28. The Labute approximate surface area is 156 Å². The van der Waals surface area contributed by atoms with Crippen LogP contribution in [0.4, 0.5) is 5.69 Å². The molecule has 0 aromatic heterocycles. The van der Waals surface area contributed by atoms with Gasteiger partial charge in [-0.1, -0.05) is 12.1 Å². The number of non-ortho nitro benzene ring substituents is 1. The second-order valence-electron chi connectivity index (χ2n) is 7.67. The number of nitrogens with one attached hydrogen (secondary N) is 1. The van der Waals surface area contributed by atoms with E-state index in [-0.39, 0.29) is 41.8 Å². The number of hydrogen-bond acceptors (Lipinski definition) is 5. The summed E-state index contributed by atoms with van der Waals surface area (Å²) in [6.45, 7) is 0.120. The molecule has 4 rings (SSSR count). The van der Waals surface area contributed by atoms with E-state index in [0.29, 0.717) is 24.8 Å². The van der Waals surface area contributed by atoms with Gasteiger partial charge < -0.3 is 5.32 Å². The van der Waals surface area contributed by atoms with Gasteiger partial charge in [0.15, 0.2) is 0 Å². The highest BCUT2D eigenvalue weighted by molar-refractivity contribution is 6.08. The number of fused-ring (bicyclic) bond motifs is 5. The van der Waals surface area contributed by atoms with Crippen molar-refractivity contribution in [3.8, 4) is 0 Å². The summed E-state index contributed by atoms with van der Waals surface area (Å²) < 4.78 is 0. The molecular formula is C19H21N3O5. The molecular weight excluding hydrogens is 350 g/mol. The van der Waals surface area contributed by atoms with E-state index in [2.05, 4.69) is 5.32 Å². The quantitative estimate of drug-likeness (QED) is 0.460. The molecule has 0 radical (unpaired) electrons. The number of hydrogen-bond donors (Lipinski definition) is 1. The lowest BCUT2D eigenvalue weighted by atomic mass is 9.81. The Morgan fingerprint density at radius 2 is 1.70 bits per heavy atom. The maximum Gasteiger partial charge on any atom is 0.269 e. The molecule has 3 amide bonds. The zero-order valence-corrected chi connectivity index (χ0v) is 14.8. The van der Waals surface area contributed by atoms with E-state index in [0.717, 1.165) is 29.7 Å². The Morgan fingerprint density at radius 3 is 2.26 bits per heavy atom. The Bertz CT molecular complexity index is 778. The number of rotatable bonds is 6. The van der Waals surface area contributed by atoms with Crippen LogP contribution in [-0.4, -0.2) is 40.6 Å². The molecule has 8 heteroatoms. The monoisotopic (exact) mass is 371 g/mol. The lowest BCUT2D eigenvalue weighted by molar-refractivity contribution is -0.384. The summed E-state index contributed by atoms with van der Waals surface area (Å²) in [5, 5.41) is 13.4. The van der Waals surface area contributed by atoms with Gasteiger partial charge in [-0.2, -0.15) is 0 Å². The lowest BCUT2D eigenvalue weighted by Crippen LogP contribution is -2.42. The van der Waals surface area contributed by atoms with Gasteiger partial charge in [0.05, 0.1) is 16.8 Å². The van der Waals surface area contributed by atoms with Crippen molar-refractivity contribution in [2.75, 3.05) is 13.1 Å². The summed E-state index contributed by atoms with van der Waals surface area (Å²) in [6, 6.07) is 6.14. The molecule has 2 saturated carbocycles. The third kappa shape index (κ3) is 3.09. The number of nitro benzene ring substituents is 1. The van der Waals surface area contributed by atoms with E-state index in [1.165, 1.54) is 12.1 Å². The minimum absolute atomic E-state index is 0.0216. The van der Waals surface area contributed by atoms with Gasteiger partial charge in [0.1, 0.15) is 6.54 Å². The zero-order valence-electron chi connectivity index (χ0n) is 14.8. The molecule has 2 bridgehead atoms. The van der Waals surface area contributed by atoms with E-state index in [4.69, 9.17) is 0 Å². The van der Waals surface area contributed by atoms with E-state index in [1.54, 1.807) is 12.1 Å². The van der Waals surface area contributed by atoms with Crippen LogP contribution in [0.15, 0.2) is 24.3 Å². The predicted octanol–water partition coefficient (Wildman–Crippen LogP) is 1.28. The van der Waals surface area contributed by atoms with Crippen molar-refractivity contribution in [1.82, 2.24) is 10.2 Å². The molecule has 1 heterocycles. The number of nitro groups is 1. The fraction of sp³-hybridized carbons (Fsp3) is 0.526. The molecule has 1 saturated heterocycles. The molecule has 0 unspecified atom stereocenters. The average Bonchev–Trinajstić information content (AvgIpc) is 3.32. The van der Waals surface area contributed by atoms with Crippen molar-refractivity contribution in [3.05, 3.63) is 39.9 Å². The van der Waals surface area contributed by atoms with Gasteiger partial charge in [0.25, 0.3) is 5.69 Å². The van der Waals surface area contributed by atoms with E-state index >= 15 is 0 Å². The lowest BCUT2D eigenvalue weighted by Gasteiger charge is -2.19. The molecule has 1 aliphatic heterocycles. The maximum absolute atomic E-state index is 12.6. The molecule has 4 atom stereocenters. The number of amides is 3. The van der Waals surface area contributed by atoms with E-state index < -0.39 is 4.92 Å². The second kappa shape index (κ2) is 6.75. The highest BCUT2D eigenvalue weighted by Crippen LogP contribution is 2.55. The minimum atomic E-state index is -0.461. The SMILES string of the molecule is O=C(CN1C(=O)[C@@H]2[C@@H]3CC[C@@H](C3)[C@@H]2C1=O)NCCc1ccc([N+](=O)[O-])cc1. The highest BCUT2D eigenvalue weighted by atomic mass is 16.6. The van der Waals surface area contributed by atoms with Crippen LogP contribution in [0.5, 0.6) is 0 Å². The van der Waals surface area contributed by atoms with E-state index in [9.17, 15) is 24.5 Å². The first-order valence-corrected chi connectivity index (χ1v) is 9.31. The summed E-state index contributed by atoms with van der Waals surface area (Å²) in [5.74, 6) is -0.497. The topological polar surface area (TPSA) is 110 Å². The maximum atomic E-state index is 12.6. The minimum Gasteiger partial charge on any atom is -0.354 e. The Hall–Kier alpha value is -2.77. The Kier molecular flexibility index (Phi) is 4.41. The fourth-order valence-corrected chi connectivity index (χ4v) is 4.96. The van der Waals surface area contributed by atoms with E-state index in [1.807, 2.05) is 0 Å². The van der Waals surface area contributed by atoms with Gasteiger partial charge in [-0.05, 0) is 43.1 Å². The number of carbonyl (C=O) groups is 3. The first-order chi connectivity index (χ1) is 13.0. The molecule has 1 aromatic rings. The first-order valence-electron chi connectivity index (χ1n) is 9.31. The van der Waals surface area contributed by atoms with Gasteiger partial charge in [0, 0.05) is 18.7 Å². The first kappa shape index (κ1) is 17.6. The molecule has 3 fully saturated rings. The molecule has 2 aliphatic carbocycles. The van der Waals surface area contributed by atoms with Crippen LogP contribution in [0.3, 0.4) is 0 Å². The van der Waals surface area contributed by atoms with Gasteiger partial charge in [-0.15, -0.1) is 0 Å². The highest BCUT2D eigenvalue weighted by Gasteiger charge is 2.60. The van der Waals surface area contributed by atoms with Crippen LogP contribution >= 0.6 is 0 Å². The van der Waals surface area contributed by atoms with Gasteiger partial charge in [0.2, 0.25) is 17.7 Å². The van der Waals surface area contributed by atoms with Crippen LogP contribution in [0.1, 0.15) is 24.8 Å². The second-order valence-corrected chi connectivity index (χ2v) is 7.67. The zero-order chi connectivity index (χ0) is 19.1. The van der Waals surface area contributed by atoms with Crippen molar-refractivity contribution >= 4 is 23.4 Å². The fourth-order valence-electron chi connectivity index (χ4n) is 4.96. The summed E-state index contributed by atoms with van der Waals surface area (Å²) in [5.41, 5.74) is 0.883. The molecule has 142 valence electrons. The third-order valence-electron chi connectivity index (χ3n) is 6.20. The van der Waals surface area contributed by atoms with Crippen LogP contribution in [0, 0.1) is 33.8 Å². The largest absolute Gasteiger partial charge is 0.354 e. The van der Waals surface area contributed by atoms with Crippen molar-refractivity contribution < 1.29 is 19.3 Å². The summed E-state index contributed by atoms with van der Waals surface area (Å²) in [4.78, 5) is 48.6. The molecule has 0 spiro atoms. The number of nitrogens with zero attached hydrogens (tertiary/aromatic N) is 2. The number of imide groups is 1. The van der Waals surface area contributed by atoms with Crippen molar-refractivity contribution in [2.24, 2.45) is 23.7 Å². The van der Waals surface area contributed by atoms with Gasteiger partial charge in [-0.25, -0.2) is 0 Å². The molecule has 8 nitrogen and oxygen atoms in total. The smallest absolute Gasteiger partial charge is 0.269 e. The third-order valence-corrected chi connectivity index (χ3v) is 6.20. The van der Waals surface area contributed by atoms with Crippen molar-refractivity contribution in [3.63, 3.8) is 0 Å². The number of carbonyl (C=O) groups excluding carboxylic acids is 3. The molecule has 1 N–H and O–H groups in total. The standard InChI is InChI=1S/C19H21N3O5/c23-15(20-8-7-11-1-5-14(6-2-11)22(26)27)10-21-18(24)16-12-3-4-13(9-12)17(16)19(21)25/h1-2,5-6,12-13,16-17H,3-4,7-10H2,(H,20,23)/t12-,13+,16-,17+. The Morgan fingerprint density at radius 1 is 1.11 bits per heavy atom. The average molecular weight is 371 g/mol. The van der Waals surface area contributed by atoms with Crippen molar-refractivity contribution in [1.29, 1.82) is 0 Å².